The van der Waals surface area contributed by atoms with E-state index < -0.39 is 5.91 Å². The van der Waals surface area contributed by atoms with Crippen LogP contribution < -0.4 is 5.73 Å². The van der Waals surface area contributed by atoms with Crippen molar-refractivity contribution in [2.45, 2.75) is 19.3 Å². The maximum Gasteiger partial charge on any atom is 0.253 e. The fourth-order valence-electron chi connectivity index (χ4n) is 3.53. The molecule has 2 aromatic rings. The number of nitrogens with zero attached hydrogens (tertiary/aromatic N) is 2. The Kier molecular flexibility index (Phi) is 4.59. The molecule has 2 aromatic carbocycles. The van der Waals surface area contributed by atoms with Gasteiger partial charge >= 0.3 is 0 Å². The normalized spacial score (nSPS) is 15.9. The summed E-state index contributed by atoms with van der Waals surface area (Å²) >= 11 is 0. The van der Waals surface area contributed by atoms with Gasteiger partial charge in [0.1, 0.15) is 0 Å². The Balaban J connectivity index is 1.60. The maximum absolute atomic E-state index is 12.5. The standard InChI is InChI=1S/C22H21N3O2/c23-21(26)19-9-10-24-20-14-17(7-8-18(20)13-19)15-3-5-16(6-4-15)22(27)25-11-1-2-12-25/h3-8,10,13-14H,1-2,9,11-12H2,(H2,23,26). The zero-order valence-electron chi connectivity index (χ0n) is 15.0. The van der Waals surface area contributed by atoms with E-state index in [-0.39, 0.29) is 5.91 Å². The average Bonchev–Trinajstić information content (AvgIpc) is 3.13. The Morgan fingerprint density at radius 3 is 2.37 bits per heavy atom. The Labute approximate surface area is 158 Å². The smallest absolute Gasteiger partial charge is 0.253 e. The van der Waals surface area contributed by atoms with E-state index in [4.69, 9.17) is 5.73 Å². The third-order valence-electron chi connectivity index (χ3n) is 5.08. The fraction of sp³-hybridized carbons (Fsp3) is 0.227. The number of primary amides is 1. The van der Waals surface area contributed by atoms with Gasteiger partial charge in [-0.2, -0.15) is 0 Å². The number of hydrogen-bond acceptors (Lipinski definition) is 3. The third-order valence-corrected chi connectivity index (χ3v) is 5.08. The van der Waals surface area contributed by atoms with Crippen molar-refractivity contribution in [3.05, 3.63) is 59.2 Å². The first-order valence-corrected chi connectivity index (χ1v) is 9.18. The Morgan fingerprint density at radius 2 is 1.67 bits per heavy atom. The second kappa shape index (κ2) is 7.19. The zero-order chi connectivity index (χ0) is 18.8. The number of benzene rings is 2. The molecule has 2 N–H and O–H groups in total. The third kappa shape index (κ3) is 3.53. The molecule has 5 nitrogen and oxygen atoms in total. The summed E-state index contributed by atoms with van der Waals surface area (Å²) < 4.78 is 0. The van der Waals surface area contributed by atoms with Crippen molar-refractivity contribution >= 4 is 29.8 Å². The lowest BCUT2D eigenvalue weighted by atomic mass is 10.00. The Hall–Kier alpha value is -3.21. The first-order valence-electron chi connectivity index (χ1n) is 9.18. The average molecular weight is 359 g/mol. The number of carbonyl (C=O) groups excluding carboxylic acids is 2. The summed E-state index contributed by atoms with van der Waals surface area (Å²) in [6.45, 7) is 1.70. The summed E-state index contributed by atoms with van der Waals surface area (Å²) in [6.07, 6.45) is 6.12. The molecule has 136 valence electrons. The van der Waals surface area contributed by atoms with Crippen LogP contribution in [0.1, 0.15) is 35.2 Å². The van der Waals surface area contributed by atoms with Gasteiger partial charge in [0.15, 0.2) is 0 Å². The predicted molar refractivity (Wildman–Crippen MR) is 107 cm³/mol. The van der Waals surface area contributed by atoms with Gasteiger partial charge in [0, 0.05) is 42.4 Å². The monoisotopic (exact) mass is 359 g/mol. The van der Waals surface area contributed by atoms with Crippen molar-refractivity contribution in [2.24, 2.45) is 10.7 Å². The van der Waals surface area contributed by atoms with Crippen LogP contribution in [-0.4, -0.2) is 36.0 Å². The highest BCUT2D eigenvalue weighted by Gasteiger charge is 2.19. The molecular formula is C22H21N3O2. The second-order valence-electron chi connectivity index (χ2n) is 6.90. The van der Waals surface area contributed by atoms with Gasteiger partial charge in [-0.1, -0.05) is 24.3 Å². The number of nitrogens with two attached hydrogens (primary N) is 1. The van der Waals surface area contributed by atoms with Gasteiger partial charge in [0.05, 0.1) is 5.69 Å². The van der Waals surface area contributed by atoms with Crippen LogP contribution in [0.5, 0.6) is 0 Å². The molecule has 5 heteroatoms. The number of amides is 2. The van der Waals surface area contributed by atoms with E-state index in [1.807, 2.05) is 47.4 Å². The van der Waals surface area contributed by atoms with Crippen LogP contribution in [-0.2, 0) is 4.79 Å². The van der Waals surface area contributed by atoms with Crippen LogP contribution in [0.2, 0.25) is 0 Å². The van der Waals surface area contributed by atoms with E-state index in [0.29, 0.717) is 12.0 Å². The lowest BCUT2D eigenvalue weighted by molar-refractivity contribution is -0.114. The predicted octanol–water partition coefficient (Wildman–Crippen LogP) is 3.56. The Morgan fingerprint density at radius 1 is 0.963 bits per heavy atom. The van der Waals surface area contributed by atoms with E-state index in [0.717, 1.165) is 53.9 Å². The highest BCUT2D eigenvalue weighted by Crippen LogP contribution is 2.31. The molecule has 0 atom stereocenters. The summed E-state index contributed by atoms with van der Waals surface area (Å²) in [6, 6.07) is 13.6. The molecule has 0 aliphatic carbocycles. The molecule has 1 fully saturated rings. The van der Waals surface area contributed by atoms with E-state index in [2.05, 4.69) is 4.99 Å². The minimum atomic E-state index is -0.420. The molecule has 2 amide bonds. The highest BCUT2D eigenvalue weighted by molar-refractivity contribution is 6.01. The van der Waals surface area contributed by atoms with Crippen LogP contribution in [0.25, 0.3) is 17.2 Å². The molecule has 0 spiro atoms. The van der Waals surface area contributed by atoms with Crippen LogP contribution in [0, 0.1) is 0 Å². The van der Waals surface area contributed by atoms with Gasteiger partial charge in [0.2, 0.25) is 5.91 Å². The maximum atomic E-state index is 12.5. The zero-order valence-corrected chi connectivity index (χ0v) is 15.0. The van der Waals surface area contributed by atoms with Crippen molar-refractivity contribution in [2.75, 3.05) is 13.1 Å². The van der Waals surface area contributed by atoms with Crippen molar-refractivity contribution in [3.63, 3.8) is 0 Å². The molecule has 1 saturated heterocycles. The van der Waals surface area contributed by atoms with Crippen molar-refractivity contribution in [1.29, 1.82) is 0 Å². The van der Waals surface area contributed by atoms with Crippen LogP contribution in [0.15, 0.2) is 53.0 Å². The molecule has 2 aliphatic heterocycles. The number of rotatable bonds is 3. The van der Waals surface area contributed by atoms with Crippen LogP contribution in [0.4, 0.5) is 5.69 Å². The summed E-state index contributed by atoms with van der Waals surface area (Å²) in [4.78, 5) is 30.3. The van der Waals surface area contributed by atoms with Gasteiger partial charge < -0.3 is 10.6 Å². The number of likely N-dealkylation sites (tertiary alicyclic amines) is 1. The second-order valence-corrected chi connectivity index (χ2v) is 6.90. The number of fused-ring (bicyclic) bond motifs is 1. The molecule has 0 bridgehead atoms. The topological polar surface area (TPSA) is 75.8 Å². The molecule has 0 aromatic heterocycles. The number of carbonyl (C=O) groups is 2. The highest BCUT2D eigenvalue weighted by atomic mass is 16.2. The van der Waals surface area contributed by atoms with Gasteiger partial charge in [-0.25, -0.2) is 0 Å². The van der Waals surface area contributed by atoms with Gasteiger partial charge in [-0.3, -0.25) is 14.6 Å². The minimum Gasteiger partial charge on any atom is -0.366 e. The minimum absolute atomic E-state index is 0.106. The Bertz CT molecular complexity index is 952. The van der Waals surface area contributed by atoms with E-state index in [1.165, 1.54) is 0 Å². The molecule has 2 heterocycles. The van der Waals surface area contributed by atoms with Crippen LogP contribution >= 0.6 is 0 Å². The number of aliphatic imine (C=N–C) groups is 1. The largest absolute Gasteiger partial charge is 0.366 e. The van der Waals surface area contributed by atoms with Crippen molar-refractivity contribution in [1.82, 2.24) is 4.90 Å². The molecule has 0 saturated carbocycles. The quantitative estimate of drug-likeness (QED) is 0.910. The van der Waals surface area contributed by atoms with Crippen molar-refractivity contribution < 1.29 is 9.59 Å². The van der Waals surface area contributed by atoms with E-state index in [9.17, 15) is 9.59 Å². The molecule has 0 radical (unpaired) electrons. The first kappa shape index (κ1) is 17.2. The van der Waals surface area contributed by atoms with E-state index >= 15 is 0 Å². The molecule has 2 aliphatic rings. The summed E-state index contributed by atoms with van der Waals surface area (Å²) in [5.41, 5.74) is 10.4. The van der Waals surface area contributed by atoms with Crippen molar-refractivity contribution in [3.8, 4) is 11.1 Å². The molecule has 4 rings (SSSR count). The van der Waals surface area contributed by atoms with E-state index in [1.54, 1.807) is 12.3 Å². The molecule has 0 unspecified atom stereocenters. The number of hydrogen-bond donors (Lipinski definition) is 1. The molecular weight excluding hydrogens is 338 g/mol. The molecule has 27 heavy (non-hydrogen) atoms. The lowest BCUT2D eigenvalue weighted by Crippen LogP contribution is -2.27. The first-order chi connectivity index (χ1) is 13.1. The van der Waals surface area contributed by atoms with Crippen LogP contribution in [0.3, 0.4) is 0 Å². The SMILES string of the molecule is NC(=O)C1=Cc2ccc(-c3ccc(C(=O)N4CCCC4)cc3)cc2N=CC1. The summed E-state index contributed by atoms with van der Waals surface area (Å²) in [7, 11) is 0. The fourth-order valence-corrected chi connectivity index (χ4v) is 3.53. The van der Waals surface area contributed by atoms with Gasteiger partial charge in [-0.05, 0) is 48.2 Å². The summed E-state index contributed by atoms with van der Waals surface area (Å²) in [5, 5.41) is 0. The summed E-state index contributed by atoms with van der Waals surface area (Å²) in [5.74, 6) is -0.314. The van der Waals surface area contributed by atoms with Gasteiger partial charge in [-0.15, -0.1) is 0 Å². The lowest BCUT2D eigenvalue weighted by Gasteiger charge is -2.15. The van der Waals surface area contributed by atoms with Gasteiger partial charge in [0.25, 0.3) is 5.91 Å².